The molecular weight excluding hydrogens is 300 g/mol. The molecule has 2 N–H and O–H groups in total. The number of allylic oxidation sites excluding steroid dienone is 1. The molecule has 1 aromatic carbocycles. The average molecular weight is 314 g/mol. The Morgan fingerprint density at radius 3 is 2.91 bits per heavy atom. The highest BCUT2D eigenvalue weighted by molar-refractivity contribution is 7.99. The summed E-state index contributed by atoms with van der Waals surface area (Å²) in [7, 11) is 0. The number of hydrogen-bond donors (Lipinski definition) is 2. The van der Waals surface area contributed by atoms with Gasteiger partial charge in [0.25, 0.3) is 5.56 Å². The molecule has 0 spiro atoms. The van der Waals surface area contributed by atoms with Gasteiger partial charge in [0.05, 0.1) is 4.90 Å². The third-order valence-electron chi connectivity index (χ3n) is 4.06. The molecule has 4 rings (SSSR count). The van der Waals surface area contributed by atoms with Crippen molar-refractivity contribution in [2.24, 2.45) is 0 Å². The van der Waals surface area contributed by atoms with Crippen LogP contribution in [-0.2, 0) is 13.0 Å². The summed E-state index contributed by atoms with van der Waals surface area (Å²) in [6.07, 6.45) is 3.64. The highest BCUT2D eigenvalue weighted by Gasteiger charge is 2.26. The molecule has 0 saturated heterocycles. The second kappa shape index (κ2) is 4.91. The fourth-order valence-electron chi connectivity index (χ4n) is 3.02. The van der Waals surface area contributed by atoms with E-state index in [0.717, 1.165) is 52.7 Å². The van der Waals surface area contributed by atoms with Crippen LogP contribution >= 0.6 is 11.8 Å². The molecule has 0 radical (unpaired) electrons. The number of aromatic nitrogens is 2. The van der Waals surface area contributed by atoms with Crippen LogP contribution in [0.4, 0.5) is 0 Å². The summed E-state index contributed by atoms with van der Waals surface area (Å²) in [5, 5.41) is 19.0. The summed E-state index contributed by atoms with van der Waals surface area (Å²) in [6.45, 7) is 0.835. The molecule has 112 valence electrons. The number of benzene rings is 1. The molecule has 22 heavy (non-hydrogen) atoms. The molecule has 2 aliphatic rings. The third kappa shape index (κ3) is 2.02. The first-order valence-electron chi connectivity index (χ1n) is 7.13. The van der Waals surface area contributed by atoms with Crippen LogP contribution in [0.5, 0.6) is 11.5 Å². The second-order valence-electron chi connectivity index (χ2n) is 5.43. The minimum absolute atomic E-state index is 0.134. The Hall–Kier alpha value is -2.21. The Kier molecular flexibility index (Phi) is 3.00. The Labute approximate surface area is 130 Å². The van der Waals surface area contributed by atoms with Gasteiger partial charge in [0.1, 0.15) is 5.82 Å². The molecule has 2 aromatic rings. The normalized spacial score (nSPS) is 17.7. The Bertz CT molecular complexity index is 870. The Balaban J connectivity index is 1.82. The highest BCUT2D eigenvalue weighted by Crippen LogP contribution is 2.35. The second-order valence-corrected chi connectivity index (χ2v) is 6.54. The van der Waals surface area contributed by atoms with Crippen molar-refractivity contribution < 1.29 is 10.2 Å². The smallest absolute Gasteiger partial charge is 0.287 e. The minimum Gasteiger partial charge on any atom is -0.504 e. The number of phenols is 2. The molecule has 0 amide bonds. The van der Waals surface area contributed by atoms with Crippen molar-refractivity contribution in [1.29, 1.82) is 0 Å². The number of thioether (sulfide) groups is 1. The van der Waals surface area contributed by atoms with Crippen molar-refractivity contribution in [2.75, 3.05) is 5.75 Å². The number of nitrogens with zero attached hydrogens (tertiary/aromatic N) is 2. The lowest BCUT2D eigenvalue weighted by molar-refractivity contribution is 0.403. The number of fused-ring (bicyclic) bond motifs is 3. The molecule has 0 saturated carbocycles. The van der Waals surface area contributed by atoms with Crippen LogP contribution < -0.4 is 5.56 Å². The maximum absolute atomic E-state index is 12.1. The first-order chi connectivity index (χ1) is 10.6. The van der Waals surface area contributed by atoms with E-state index >= 15 is 0 Å². The molecule has 0 fully saturated rings. The van der Waals surface area contributed by atoms with Crippen LogP contribution in [0.1, 0.15) is 23.5 Å². The molecule has 3 heterocycles. The highest BCUT2D eigenvalue weighted by atomic mass is 32.2. The molecule has 1 aromatic heterocycles. The third-order valence-corrected chi connectivity index (χ3v) is 5.17. The van der Waals surface area contributed by atoms with Gasteiger partial charge in [0, 0.05) is 18.0 Å². The van der Waals surface area contributed by atoms with Gasteiger partial charge >= 0.3 is 0 Å². The molecule has 0 aliphatic carbocycles. The maximum Gasteiger partial charge on any atom is 0.287 e. The van der Waals surface area contributed by atoms with Gasteiger partial charge in [-0.3, -0.25) is 4.79 Å². The standard InChI is InChI=1S/C16H14N2O3S/c19-12-2-1-9(8-13(12)20)7-10-3-5-18-11-4-6-22-14(11)16(21)17-15(10)18/h1-2,7-8,19-20H,3-6H2/b10-7+. The molecule has 2 aliphatic heterocycles. The minimum atomic E-state index is -0.150. The first kappa shape index (κ1) is 13.5. The Morgan fingerprint density at radius 2 is 2.09 bits per heavy atom. The van der Waals surface area contributed by atoms with Crippen LogP contribution in [0.2, 0.25) is 0 Å². The van der Waals surface area contributed by atoms with E-state index in [4.69, 9.17) is 0 Å². The van der Waals surface area contributed by atoms with E-state index < -0.39 is 0 Å². The molecule has 6 heteroatoms. The Morgan fingerprint density at radius 1 is 1.23 bits per heavy atom. The predicted molar refractivity (Wildman–Crippen MR) is 85.2 cm³/mol. The molecule has 5 nitrogen and oxygen atoms in total. The zero-order valence-electron chi connectivity index (χ0n) is 11.7. The average Bonchev–Trinajstić information content (AvgIpc) is 3.11. The molecule has 0 atom stereocenters. The van der Waals surface area contributed by atoms with Gasteiger partial charge in [-0.1, -0.05) is 6.07 Å². The van der Waals surface area contributed by atoms with E-state index in [1.807, 2.05) is 6.08 Å². The number of hydrogen-bond acceptors (Lipinski definition) is 5. The number of aromatic hydroxyl groups is 2. The summed E-state index contributed by atoms with van der Waals surface area (Å²) in [4.78, 5) is 17.2. The van der Waals surface area contributed by atoms with Gasteiger partial charge in [-0.25, -0.2) is 0 Å². The van der Waals surface area contributed by atoms with Crippen molar-refractivity contribution in [1.82, 2.24) is 9.55 Å². The predicted octanol–water partition coefficient (Wildman–Crippen LogP) is 2.25. The molecule has 0 bridgehead atoms. The fourth-order valence-corrected chi connectivity index (χ4v) is 4.07. The van der Waals surface area contributed by atoms with Crippen molar-refractivity contribution in [3.63, 3.8) is 0 Å². The lowest BCUT2D eigenvalue weighted by Crippen LogP contribution is -2.17. The van der Waals surface area contributed by atoms with Crippen LogP contribution in [0, 0.1) is 0 Å². The summed E-state index contributed by atoms with van der Waals surface area (Å²) in [6, 6.07) is 4.69. The molecular formula is C16H14N2O3S. The van der Waals surface area contributed by atoms with Gasteiger partial charge in [0.2, 0.25) is 0 Å². The fraction of sp³-hybridized carbons (Fsp3) is 0.250. The monoisotopic (exact) mass is 314 g/mol. The van der Waals surface area contributed by atoms with Gasteiger partial charge in [-0.2, -0.15) is 4.98 Å². The van der Waals surface area contributed by atoms with Gasteiger partial charge in [-0.05, 0) is 42.2 Å². The lowest BCUT2D eigenvalue weighted by atomic mass is 10.1. The van der Waals surface area contributed by atoms with E-state index in [-0.39, 0.29) is 17.1 Å². The van der Waals surface area contributed by atoms with Crippen LogP contribution in [0.25, 0.3) is 11.6 Å². The first-order valence-corrected chi connectivity index (χ1v) is 8.11. The van der Waals surface area contributed by atoms with Crippen LogP contribution in [0.3, 0.4) is 0 Å². The topological polar surface area (TPSA) is 75.4 Å². The molecule has 0 unspecified atom stereocenters. The van der Waals surface area contributed by atoms with Crippen LogP contribution in [0.15, 0.2) is 27.9 Å². The number of phenolic OH excluding ortho intramolecular Hbond substituents is 2. The van der Waals surface area contributed by atoms with E-state index in [0.29, 0.717) is 0 Å². The van der Waals surface area contributed by atoms with Gasteiger partial charge in [-0.15, -0.1) is 11.8 Å². The van der Waals surface area contributed by atoms with E-state index in [1.54, 1.807) is 17.8 Å². The van der Waals surface area contributed by atoms with E-state index in [9.17, 15) is 15.0 Å². The lowest BCUT2D eigenvalue weighted by Gasteiger charge is -2.08. The van der Waals surface area contributed by atoms with Crippen LogP contribution in [-0.4, -0.2) is 25.5 Å². The quantitative estimate of drug-likeness (QED) is 0.790. The SMILES string of the molecule is O=c1nc2n(c3c1SCC3)CC/C2=C\c1ccc(O)c(O)c1. The van der Waals surface area contributed by atoms with E-state index in [2.05, 4.69) is 9.55 Å². The van der Waals surface area contributed by atoms with Crippen molar-refractivity contribution in [3.8, 4) is 11.5 Å². The largest absolute Gasteiger partial charge is 0.504 e. The maximum atomic E-state index is 12.1. The summed E-state index contributed by atoms with van der Waals surface area (Å²) in [5.74, 6) is 1.39. The van der Waals surface area contributed by atoms with Gasteiger partial charge < -0.3 is 14.8 Å². The zero-order chi connectivity index (χ0) is 15.3. The van der Waals surface area contributed by atoms with Gasteiger partial charge in [0.15, 0.2) is 11.5 Å². The summed E-state index contributed by atoms with van der Waals surface area (Å²) >= 11 is 1.59. The van der Waals surface area contributed by atoms with Crippen molar-refractivity contribution in [3.05, 3.63) is 45.6 Å². The summed E-state index contributed by atoms with van der Waals surface area (Å²) in [5.41, 5.74) is 2.74. The van der Waals surface area contributed by atoms with E-state index in [1.165, 1.54) is 12.1 Å². The van der Waals surface area contributed by atoms with Crippen molar-refractivity contribution >= 4 is 23.4 Å². The number of rotatable bonds is 1. The summed E-state index contributed by atoms with van der Waals surface area (Å²) < 4.78 is 2.14. The zero-order valence-corrected chi connectivity index (χ0v) is 12.6. The van der Waals surface area contributed by atoms with Crippen molar-refractivity contribution in [2.45, 2.75) is 24.3 Å².